The summed E-state index contributed by atoms with van der Waals surface area (Å²) in [5.74, 6) is -1.20. The molecule has 1 fully saturated rings. The zero-order chi connectivity index (χ0) is 13.8. The van der Waals surface area contributed by atoms with Gasteiger partial charge in [-0.05, 0) is 25.7 Å². The summed E-state index contributed by atoms with van der Waals surface area (Å²) in [6.45, 7) is 3.47. The van der Waals surface area contributed by atoms with Crippen LogP contribution in [-0.2, 0) is 9.59 Å². The molecule has 0 aliphatic heterocycles. The van der Waals surface area contributed by atoms with Gasteiger partial charge in [0.1, 0.15) is 5.54 Å². The third kappa shape index (κ3) is 3.90. The number of carboxylic acid groups (broad SMARTS) is 1. The van der Waals surface area contributed by atoms with E-state index in [-0.39, 0.29) is 18.4 Å². The summed E-state index contributed by atoms with van der Waals surface area (Å²) in [4.78, 5) is 33.3. The lowest BCUT2D eigenvalue weighted by Crippen LogP contribution is -2.57. The van der Waals surface area contributed by atoms with Crippen LogP contribution in [0, 0.1) is 5.92 Å². The third-order valence-corrected chi connectivity index (χ3v) is 3.00. The van der Waals surface area contributed by atoms with Crippen LogP contribution >= 0.6 is 0 Å². The molecule has 0 aromatic heterocycles. The Kier molecular flexibility index (Phi) is 4.52. The Morgan fingerprint density at radius 2 is 1.78 bits per heavy atom. The Hall–Kier alpha value is -1.79. The molecule has 0 bridgehead atoms. The zero-order valence-corrected chi connectivity index (χ0v) is 10.6. The van der Waals surface area contributed by atoms with Gasteiger partial charge in [-0.25, -0.2) is 9.59 Å². The molecule has 7 nitrogen and oxygen atoms in total. The van der Waals surface area contributed by atoms with Gasteiger partial charge in [-0.15, -0.1) is 0 Å². The summed E-state index contributed by atoms with van der Waals surface area (Å²) >= 11 is 0. The van der Waals surface area contributed by atoms with Crippen LogP contribution in [0.2, 0.25) is 0 Å². The highest BCUT2D eigenvalue weighted by Crippen LogP contribution is 2.39. The summed E-state index contributed by atoms with van der Waals surface area (Å²) in [5.41, 5.74) is -1.21. The number of hydrogen-bond acceptors (Lipinski definition) is 3. The molecule has 0 saturated heterocycles. The summed E-state index contributed by atoms with van der Waals surface area (Å²) in [6, 6.07) is -0.530. The van der Waals surface area contributed by atoms with Crippen molar-refractivity contribution < 1.29 is 19.5 Å². The fraction of sp³-hybridized carbons (Fsp3) is 0.727. The Morgan fingerprint density at radius 3 is 2.22 bits per heavy atom. The van der Waals surface area contributed by atoms with Crippen LogP contribution in [0.25, 0.3) is 0 Å². The number of aliphatic carboxylic acids is 1. The molecule has 0 aromatic carbocycles. The van der Waals surface area contributed by atoms with Crippen molar-refractivity contribution in [1.82, 2.24) is 16.0 Å². The van der Waals surface area contributed by atoms with Crippen molar-refractivity contribution in [2.24, 2.45) is 5.92 Å². The van der Waals surface area contributed by atoms with E-state index in [1.54, 1.807) is 0 Å². The number of hydrogen-bond donors (Lipinski definition) is 4. The lowest BCUT2D eigenvalue weighted by Gasteiger charge is -2.26. The van der Waals surface area contributed by atoms with E-state index in [9.17, 15) is 14.4 Å². The van der Waals surface area contributed by atoms with Crippen molar-refractivity contribution in [3.63, 3.8) is 0 Å². The number of carboxylic acids is 1. The highest BCUT2D eigenvalue weighted by atomic mass is 16.4. The van der Waals surface area contributed by atoms with E-state index >= 15 is 0 Å². The van der Waals surface area contributed by atoms with Gasteiger partial charge >= 0.3 is 12.0 Å². The predicted molar refractivity (Wildman–Crippen MR) is 64.0 cm³/mol. The Balaban J connectivity index is 2.34. The quantitative estimate of drug-likeness (QED) is 0.489. The van der Waals surface area contributed by atoms with Crippen LogP contribution in [0.4, 0.5) is 4.79 Å². The van der Waals surface area contributed by atoms with Gasteiger partial charge in [-0.1, -0.05) is 0 Å². The van der Waals surface area contributed by atoms with E-state index < -0.39 is 17.5 Å². The monoisotopic (exact) mass is 257 g/mol. The van der Waals surface area contributed by atoms with Gasteiger partial charge in [0.15, 0.2) is 0 Å². The highest BCUT2D eigenvalue weighted by Gasteiger charge is 2.48. The van der Waals surface area contributed by atoms with E-state index in [1.807, 2.05) is 0 Å². The van der Waals surface area contributed by atoms with Crippen LogP contribution < -0.4 is 16.0 Å². The van der Waals surface area contributed by atoms with Gasteiger partial charge in [0, 0.05) is 20.0 Å². The molecule has 1 aliphatic rings. The van der Waals surface area contributed by atoms with Crippen LogP contribution in [0.5, 0.6) is 0 Å². The first kappa shape index (κ1) is 14.3. The number of carbonyl (C=O) groups is 3. The van der Waals surface area contributed by atoms with Gasteiger partial charge in [0.05, 0.1) is 0 Å². The molecule has 0 heterocycles. The van der Waals surface area contributed by atoms with Gasteiger partial charge < -0.3 is 21.1 Å². The first-order valence-electron chi connectivity index (χ1n) is 5.90. The number of nitrogens with one attached hydrogen (secondary N) is 3. The lowest BCUT2D eigenvalue weighted by atomic mass is 9.96. The molecule has 18 heavy (non-hydrogen) atoms. The molecule has 1 unspecified atom stereocenters. The largest absolute Gasteiger partial charge is 0.480 e. The maximum Gasteiger partial charge on any atom is 0.329 e. The normalized spacial score (nSPS) is 17.4. The minimum Gasteiger partial charge on any atom is -0.480 e. The maximum atomic E-state index is 11.5. The van der Waals surface area contributed by atoms with Crippen molar-refractivity contribution in [3.05, 3.63) is 0 Å². The van der Waals surface area contributed by atoms with Gasteiger partial charge in [-0.3, -0.25) is 4.79 Å². The first-order chi connectivity index (χ1) is 8.36. The fourth-order valence-corrected chi connectivity index (χ4v) is 1.69. The first-order valence-corrected chi connectivity index (χ1v) is 5.90. The second kappa shape index (κ2) is 5.70. The molecule has 7 heteroatoms. The van der Waals surface area contributed by atoms with E-state index in [1.165, 1.54) is 13.8 Å². The minimum absolute atomic E-state index is 0.00362. The fourth-order valence-electron chi connectivity index (χ4n) is 1.69. The number of carbonyl (C=O) groups excluding carboxylic acids is 2. The summed E-state index contributed by atoms with van der Waals surface area (Å²) < 4.78 is 0. The van der Waals surface area contributed by atoms with E-state index in [4.69, 9.17) is 5.11 Å². The molecular formula is C11H19N3O4. The predicted octanol–water partition coefficient (Wildman–Crippen LogP) is -0.325. The van der Waals surface area contributed by atoms with Gasteiger partial charge in [0.2, 0.25) is 5.91 Å². The smallest absolute Gasteiger partial charge is 0.329 e. The lowest BCUT2D eigenvalue weighted by molar-refractivity contribution is -0.144. The van der Waals surface area contributed by atoms with E-state index in [0.29, 0.717) is 6.54 Å². The Labute approximate surface area is 105 Å². The molecular weight excluding hydrogens is 238 g/mol. The summed E-state index contributed by atoms with van der Waals surface area (Å²) in [6.07, 6.45) is 1.63. The maximum absolute atomic E-state index is 11.5. The van der Waals surface area contributed by atoms with Crippen LogP contribution in [-0.4, -0.2) is 41.6 Å². The number of amides is 3. The number of rotatable bonds is 6. The average Bonchev–Trinajstić information content (AvgIpc) is 3.07. The van der Waals surface area contributed by atoms with E-state index in [0.717, 1.165) is 12.8 Å². The third-order valence-electron chi connectivity index (χ3n) is 3.00. The Bertz CT molecular complexity index is 354. The van der Waals surface area contributed by atoms with Gasteiger partial charge in [0.25, 0.3) is 0 Å². The molecule has 1 rings (SSSR count). The Morgan fingerprint density at radius 1 is 1.22 bits per heavy atom. The SMILES string of the molecule is CC(=O)NCCNC(=O)NC(C)(C(=O)O)C1CC1. The van der Waals surface area contributed by atoms with Crippen LogP contribution in [0.1, 0.15) is 26.7 Å². The van der Waals surface area contributed by atoms with Crippen LogP contribution in [0.3, 0.4) is 0 Å². The van der Waals surface area contributed by atoms with Crippen LogP contribution in [0.15, 0.2) is 0 Å². The molecule has 102 valence electrons. The van der Waals surface area contributed by atoms with Crippen molar-refractivity contribution in [3.8, 4) is 0 Å². The topological polar surface area (TPSA) is 108 Å². The summed E-state index contributed by atoms with van der Waals surface area (Å²) in [7, 11) is 0. The second-order valence-corrected chi connectivity index (χ2v) is 4.65. The summed E-state index contributed by atoms with van der Waals surface area (Å²) in [5, 5.41) is 16.6. The molecule has 0 aromatic rings. The highest BCUT2D eigenvalue weighted by molar-refractivity contribution is 5.86. The standard InChI is InChI=1S/C11H19N3O4/c1-7(15)12-5-6-13-10(18)14-11(2,9(16)17)8-3-4-8/h8H,3-6H2,1-2H3,(H,12,15)(H,16,17)(H2,13,14,18). The molecule has 0 spiro atoms. The second-order valence-electron chi connectivity index (χ2n) is 4.65. The molecule has 3 amide bonds. The number of urea groups is 1. The average molecular weight is 257 g/mol. The molecule has 1 aliphatic carbocycles. The van der Waals surface area contributed by atoms with Crippen molar-refractivity contribution in [2.75, 3.05) is 13.1 Å². The van der Waals surface area contributed by atoms with Crippen molar-refractivity contribution in [2.45, 2.75) is 32.2 Å². The zero-order valence-electron chi connectivity index (χ0n) is 10.6. The molecule has 1 atom stereocenters. The van der Waals surface area contributed by atoms with Crippen molar-refractivity contribution >= 4 is 17.9 Å². The van der Waals surface area contributed by atoms with E-state index in [2.05, 4.69) is 16.0 Å². The molecule has 4 N–H and O–H groups in total. The van der Waals surface area contributed by atoms with Crippen molar-refractivity contribution in [1.29, 1.82) is 0 Å². The molecule has 0 radical (unpaired) electrons. The van der Waals surface area contributed by atoms with Gasteiger partial charge in [-0.2, -0.15) is 0 Å². The molecule has 1 saturated carbocycles. The minimum atomic E-state index is -1.21.